The first-order valence-corrected chi connectivity index (χ1v) is 20.2. The number of carbonyl (C=O) groups excluding carboxylic acids is 1. The number of phenols is 4. The minimum absolute atomic E-state index is 0.0201. The average molecular weight is 895 g/mol. The van der Waals surface area contributed by atoms with Crippen LogP contribution in [0.3, 0.4) is 0 Å². The third-order valence-corrected chi connectivity index (χ3v) is 9.25. The van der Waals surface area contributed by atoms with Crippen molar-refractivity contribution in [2.45, 2.75) is 70.5 Å². The number of aliphatic hydroxyl groups excluding tert-OH is 4. The van der Waals surface area contributed by atoms with Crippen molar-refractivity contribution in [3.05, 3.63) is 52.4 Å². The lowest BCUT2D eigenvalue weighted by atomic mass is 9.99. The number of aromatic hydroxyl groups is 4. The van der Waals surface area contributed by atoms with Gasteiger partial charge in [0, 0.05) is 37.7 Å². The average Bonchev–Trinajstić information content (AvgIpc) is 3.72. The van der Waals surface area contributed by atoms with E-state index in [4.69, 9.17) is 37.6 Å². The van der Waals surface area contributed by atoms with Gasteiger partial charge in [-0.3, -0.25) is 14.3 Å². The van der Waals surface area contributed by atoms with Crippen LogP contribution < -0.4 is 15.5 Å². The van der Waals surface area contributed by atoms with Crippen molar-refractivity contribution in [3.8, 4) is 40.1 Å². The molecule has 0 aliphatic carbocycles. The van der Waals surface area contributed by atoms with Gasteiger partial charge in [0.1, 0.15) is 52.6 Å². The van der Waals surface area contributed by atoms with Crippen LogP contribution in [0.2, 0.25) is 0 Å². The third-order valence-electron chi connectivity index (χ3n) is 9.25. The van der Waals surface area contributed by atoms with Crippen molar-refractivity contribution in [1.82, 2.24) is 20.3 Å². The molecule has 5 rings (SSSR count). The number of benzene rings is 2. The van der Waals surface area contributed by atoms with Crippen LogP contribution in [0.15, 0.2) is 45.7 Å². The smallest absolute Gasteiger partial charge is 0.239 e. The van der Waals surface area contributed by atoms with Gasteiger partial charge in [-0.05, 0) is 30.5 Å². The molecule has 0 radical (unpaired) electrons. The number of ether oxygens (including phenoxy) is 7. The first-order valence-electron chi connectivity index (χ1n) is 20.2. The Morgan fingerprint density at radius 2 is 1.46 bits per heavy atom. The van der Waals surface area contributed by atoms with Gasteiger partial charge in [0.2, 0.25) is 23.4 Å². The summed E-state index contributed by atoms with van der Waals surface area (Å²) in [5, 5.41) is 89.4. The zero-order valence-corrected chi connectivity index (χ0v) is 35.3. The third kappa shape index (κ3) is 15.6. The Hall–Kier alpha value is -5.14. The van der Waals surface area contributed by atoms with Crippen LogP contribution in [0.4, 0.5) is 0 Å². The lowest BCUT2D eigenvalue weighted by Gasteiger charge is -2.39. The van der Waals surface area contributed by atoms with Crippen LogP contribution in [0, 0.1) is 5.92 Å². The largest absolute Gasteiger partial charge is 0.508 e. The maximum Gasteiger partial charge on any atom is 0.239 e. The first-order chi connectivity index (χ1) is 30.2. The van der Waals surface area contributed by atoms with Crippen LogP contribution in [-0.2, 0) is 46.4 Å². The second-order valence-corrected chi connectivity index (χ2v) is 14.5. The van der Waals surface area contributed by atoms with E-state index in [1.807, 2.05) is 10.9 Å². The van der Waals surface area contributed by atoms with E-state index < -0.39 is 71.5 Å². The highest BCUT2D eigenvalue weighted by Gasteiger charge is 2.45. The maximum atomic E-state index is 13.2. The Morgan fingerprint density at radius 1 is 0.825 bits per heavy atom. The predicted molar refractivity (Wildman–Crippen MR) is 220 cm³/mol. The molecule has 4 aromatic rings. The molecule has 0 spiro atoms. The Morgan fingerprint density at radius 3 is 2.06 bits per heavy atom. The summed E-state index contributed by atoms with van der Waals surface area (Å²) in [6.45, 7) is 9.35. The van der Waals surface area contributed by atoms with Gasteiger partial charge in [0.15, 0.2) is 17.3 Å². The van der Waals surface area contributed by atoms with Gasteiger partial charge in [-0.15, -0.1) is 5.10 Å². The van der Waals surface area contributed by atoms with E-state index in [0.717, 1.165) is 42.9 Å². The van der Waals surface area contributed by atoms with E-state index in [1.165, 1.54) is 6.07 Å². The van der Waals surface area contributed by atoms with E-state index in [0.29, 0.717) is 78.4 Å². The van der Waals surface area contributed by atoms with Gasteiger partial charge in [-0.1, -0.05) is 19.1 Å². The molecule has 22 nitrogen and oxygen atoms in total. The number of rotatable bonds is 24. The summed E-state index contributed by atoms with van der Waals surface area (Å²) in [4.78, 5) is 24.2. The molecule has 0 unspecified atom stereocenters. The fraction of sp³-hybridized carbons (Fsp3) is 0.561. The van der Waals surface area contributed by atoms with Crippen molar-refractivity contribution in [2.24, 2.45) is 5.92 Å². The minimum atomic E-state index is -1.85. The molecule has 1 fully saturated rings. The van der Waals surface area contributed by atoms with Gasteiger partial charge in [-0.25, -0.2) is 0 Å². The van der Waals surface area contributed by atoms with E-state index >= 15 is 0 Å². The molecule has 2 aromatic heterocycles. The highest BCUT2D eigenvalue weighted by Crippen LogP contribution is 2.39. The standard InChI is InChI=1S/C21H20O12.C20H38N4O6/c22-6-13-15(27)17(29)18(30)21(32-13)33-20-16(28)14-11(26)4-8(23)5-12(14)31-19(20)7-1-2-9(24)10(25)3-7;1-18(2)4-6-24-16-19(22-23-24)17-30-15-14-29-13-12-28-11-10-27-9-8-26-7-5-20(25)21-3/h1-5,13,15,17-18,21-27,29-30H,6H2;16,18H,4-15,17H2,1-3H3,(H,21,25)/t13-,15+,17+,18-,21+;/m1./s1. The summed E-state index contributed by atoms with van der Waals surface area (Å²) in [7, 11) is 1.61. The zero-order chi connectivity index (χ0) is 45.9. The topological polar surface area (TPSA) is 316 Å². The van der Waals surface area contributed by atoms with Gasteiger partial charge < -0.3 is 83.7 Å². The van der Waals surface area contributed by atoms with E-state index in [2.05, 4.69) is 29.5 Å². The van der Waals surface area contributed by atoms with Crippen LogP contribution in [-0.4, -0.2) is 166 Å². The minimum Gasteiger partial charge on any atom is -0.508 e. The normalized spacial score (nSPS) is 18.6. The molecule has 1 aliphatic heterocycles. The predicted octanol–water partition coefficient (Wildman–Crippen LogP) is 0.504. The number of hydrogen-bond acceptors (Lipinski definition) is 20. The molecule has 350 valence electrons. The Bertz CT molecular complexity index is 2060. The van der Waals surface area contributed by atoms with Crippen molar-refractivity contribution in [3.63, 3.8) is 0 Å². The molecule has 0 saturated carbocycles. The SMILES string of the molecule is CNC(=O)CCOCCOCCOCCOCCOCc1cn(CCC(C)C)nn1.O=c1c(O[C@@H]2O[C@H](CO)[C@H](O)[C@H](O)[C@H]2O)c(-c2ccc(O)c(O)c2)oc2cc(O)cc(O)c12. The van der Waals surface area contributed by atoms with E-state index in [9.17, 15) is 50.4 Å². The number of amides is 1. The number of carbonyl (C=O) groups is 1. The van der Waals surface area contributed by atoms with Crippen LogP contribution in [0.5, 0.6) is 28.7 Å². The monoisotopic (exact) mass is 894 g/mol. The number of fused-ring (bicyclic) bond motifs is 1. The molecule has 3 heterocycles. The first kappa shape index (κ1) is 50.5. The van der Waals surface area contributed by atoms with Gasteiger partial charge in [0.25, 0.3) is 0 Å². The number of aliphatic hydroxyl groups is 4. The van der Waals surface area contributed by atoms with Crippen molar-refractivity contribution >= 4 is 16.9 Å². The highest BCUT2D eigenvalue weighted by atomic mass is 16.7. The quantitative estimate of drug-likeness (QED) is 0.0342. The summed E-state index contributed by atoms with van der Waals surface area (Å²) < 4.78 is 45.4. The number of nitrogens with zero attached hydrogens (tertiary/aromatic N) is 3. The molecule has 1 aliphatic rings. The molecule has 1 amide bonds. The summed E-state index contributed by atoms with van der Waals surface area (Å²) >= 11 is 0. The zero-order valence-electron chi connectivity index (χ0n) is 35.3. The fourth-order valence-corrected chi connectivity index (χ4v) is 5.76. The lowest BCUT2D eigenvalue weighted by Crippen LogP contribution is -2.60. The summed E-state index contributed by atoms with van der Waals surface area (Å²) in [5.41, 5.74) is -0.361. The van der Waals surface area contributed by atoms with Crippen LogP contribution in [0.1, 0.15) is 32.4 Å². The Balaban J connectivity index is 0.000000278. The highest BCUT2D eigenvalue weighted by molar-refractivity contribution is 5.88. The second-order valence-electron chi connectivity index (χ2n) is 14.5. The van der Waals surface area contributed by atoms with Gasteiger partial charge in [-0.2, -0.15) is 0 Å². The second kappa shape index (κ2) is 25.8. The lowest BCUT2D eigenvalue weighted by molar-refractivity contribution is -0.277. The van der Waals surface area contributed by atoms with E-state index in [-0.39, 0.29) is 28.2 Å². The number of phenolic OH excluding ortho intramolecular Hbond substituents is 4. The molecular formula is C41H58N4O18. The van der Waals surface area contributed by atoms with Crippen molar-refractivity contribution < 1.29 is 83.2 Å². The molecule has 9 N–H and O–H groups in total. The van der Waals surface area contributed by atoms with Crippen LogP contribution in [0.25, 0.3) is 22.3 Å². The summed E-state index contributed by atoms with van der Waals surface area (Å²) in [6.07, 6.45) is -5.02. The number of aromatic nitrogens is 3. The van der Waals surface area contributed by atoms with Gasteiger partial charge in [0.05, 0.1) is 78.9 Å². The van der Waals surface area contributed by atoms with E-state index in [1.54, 1.807) is 7.05 Å². The molecule has 0 bridgehead atoms. The molecule has 2 aromatic carbocycles. The Kier molecular flexibility index (Phi) is 20.7. The van der Waals surface area contributed by atoms with Crippen molar-refractivity contribution in [1.29, 1.82) is 0 Å². The fourth-order valence-electron chi connectivity index (χ4n) is 5.76. The summed E-state index contributed by atoms with van der Waals surface area (Å²) in [6, 6.07) is 5.36. The number of aryl methyl sites for hydroxylation is 1. The molecule has 1 saturated heterocycles. The number of nitrogens with one attached hydrogen (secondary N) is 1. The molecule has 63 heavy (non-hydrogen) atoms. The Labute approximate surface area is 362 Å². The molecular weight excluding hydrogens is 836 g/mol. The summed E-state index contributed by atoms with van der Waals surface area (Å²) in [5.74, 6) is -2.43. The molecule has 22 heteroatoms. The maximum absolute atomic E-state index is 13.2. The van der Waals surface area contributed by atoms with Crippen LogP contribution >= 0.6 is 0 Å². The number of hydrogen-bond donors (Lipinski definition) is 9. The van der Waals surface area contributed by atoms with Crippen molar-refractivity contribution in [2.75, 3.05) is 73.1 Å². The molecule has 5 atom stereocenters. The van der Waals surface area contributed by atoms with Gasteiger partial charge >= 0.3 is 0 Å².